The number of halogens is 4. The van der Waals surface area contributed by atoms with Crippen molar-refractivity contribution in [3.05, 3.63) is 48.3 Å². The summed E-state index contributed by atoms with van der Waals surface area (Å²) in [4.78, 5) is 8.38. The minimum Gasteiger partial charge on any atom is -0.320 e. The molecule has 4 aromatic rings. The smallest absolute Gasteiger partial charge is 0.320 e. The van der Waals surface area contributed by atoms with E-state index in [1.807, 2.05) is 0 Å². The molecule has 0 spiro atoms. The van der Waals surface area contributed by atoms with E-state index in [0.717, 1.165) is 22.8 Å². The molecule has 0 amide bonds. The van der Waals surface area contributed by atoms with Gasteiger partial charge in [-0.1, -0.05) is 0 Å². The zero-order valence-corrected chi connectivity index (χ0v) is 16.0. The summed E-state index contributed by atoms with van der Waals surface area (Å²) in [5.41, 5.74) is 1.60. The molecular formula is C20H16F4N6O. The molecule has 0 bridgehead atoms. The highest BCUT2D eigenvalue weighted by Gasteiger charge is 2.39. The molecule has 0 fully saturated rings. The number of aromatic nitrogens is 6. The number of nitrogens with zero attached hydrogens (tertiary/aromatic N) is 5. The van der Waals surface area contributed by atoms with Crippen LogP contribution in [0.5, 0.6) is 0 Å². The summed E-state index contributed by atoms with van der Waals surface area (Å²) in [5.74, 6) is -0.498. The predicted molar refractivity (Wildman–Crippen MR) is 102 cm³/mol. The van der Waals surface area contributed by atoms with Crippen LogP contribution in [0.1, 0.15) is 12.1 Å². The molecule has 11 heteroatoms. The summed E-state index contributed by atoms with van der Waals surface area (Å²) >= 11 is 0. The van der Waals surface area contributed by atoms with E-state index in [0.29, 0.717) is 22.6 Å². The third-order valence-corrected chi connectivity index (χ3v) is 5.36. The Morgan fingerprint density at radius 2 is 2.06 bits per heavy atom. The first-order valence-electron chi connectivity index (χ1n) is 9.52. The van der Waals surface area contributed by atoms with Gasteiger partial charge in [0.1, 0.15) is 11.5 Å². The lowest BCUT2D eigenvalue weighted by Crippen LogP contribution is -2.40. The van der Waals surface area contributed by atoms with Gasteiger partial charge in [0.2, 0.25) is 0 Å². The fourth-order valence-electron chi connectivity index (χ4n) is 3.95. The van der Waals surface area contributed by atoms with E-state index in [9.17, 15) is 13.2 Å². The third kappa shape index (κ3) is 3.54. The van der Waals surface area contributed by atoms with Crippen molar-refractivity contribution in [1.29, 1.82) is 0 Å². The summed E-state index contributed by atoms with van der Waals surface area (Å²) in [6.45, 7) is -4.03. The highest BCUT2D eigenvalue weighted by molar-refractivity contribution is 5.97. The normalized spacial score (nSPS) is 18.6. The molecule has 0 aliphatic carbocycles. The van der Waals surface area contributed by atoms with Crippen LogP contribution in [-0.2, 0) is 17.7 Å². The molecule has 160 valence electrons. The number of H-pyrrole nitrogens is 1. The van der Waals surface area contributed by atoms with Crippen LogP contribution >= 0.6 is 0 Å². The largest absolute Gasteiger partial charge is 0.345 e. The summed E-state index contributed by atoms with van der Waals surface area (Å²) in [6, 6.07) is 4.55. The highest BCUT2D eigenvalue weighted by Crippen LogP contribution is 2.41. The maximum absolute atomic E-state index is 15.2. The summed E-state index contributed by atoms with van der Waals surface area (Å²) in [6.07, 6.45) is 4.55. The first-order valence-corrected chi connectivity index (χ1v) is 9.52. The molecule has 0 saturated heterocycles. The standard InChI is InChI=1S/C20H16F4N6O/c21-11-1-2-14(26-7-11)17-16(12-4-6-25-18-13(12)8-27-28-18)15-3-5-20(24,9-30(15)29-17)10-31-19(22)23/h1-2,4,6-8,19H,3,5,9-10H2,(H,25,27,28)/t20-/m0/s1. The first kappa shape index (κ1) is 19.6. The van der Waals surface area contributed by atoms with E-state index in [1.54, 1.807) is 18.5 Å². The molecule has 1 atom stereocenters. The minimum absolute atomic E-state index is 0.00564. The van der Waals surface area contributed by atoms with Crippen LogP contribution in [0.2, 0.25) is 0 Å². The second kappa shape index (κ2) is 7.41. The van der Waals surface area contributed by atoms with Gasteiger partial charge < -0.3 is 4.74 Å². The van der Waals surface area contributed by atoms with Crippen molar-refractivity contribution in [2.24, 2.45) is 0 Å². The van der Waals surface area contributed by atoms with Crippen LogP contribution in [0.3, 0.4) is 0 Å². The molecule has 5 rings (SSSR count). The molecule has 1 N–H and O–H groups in total. The molecular weight excluding hydrogens is 416 g/mol. The van der Waals surface area contributed by atoms with E-state index in [2.05, 4.69) is 30.0 Å². The van der Waals surface area contributed by atoms with E-state index >= 15 is 4.39 Å². The van der Waals surface area contributed by atoms with E-state index in [1.165, 1.54) is 16.8 Å². The summed E-state index contributed by atoms with van der Waals surface area (Å²) in [7, 11) is 0. The first-order chi connectivity index (χ1) is 14.9. The Labute approximate surface area is 173 Å². The maximum atomic E-state index is 15.2. The number of aromatic amines is 1. The highest BCUT2D eigenvalue weighted by atomic mass is 19.3. The molecule has 1 aliphatic rings. The van der Waals surface area contributed by atoms with Gasteiger partial charge >= 0.3 is 6.61 Å². The average molecular weight is 432 g/mol. The van der Waals surface area contributed by atoms with Crippen molar-refractivity contribution in [2.75, 3.05) is 6.61 Å². The number of pyridine rings is 2. The zero-order chi connectivity index (χ0) is 21.6. The van der Waals surface area contributed by atoms with Gasteiger partial charge in [0, 0.05) is 22.8 Å². The van der Waals surface area contributed by atoms with E-state index < -0.39 is 24.7 Å². The van der Waals surface area contributed by atoms with E-state index in [4.69, 9.17) is 0 Å². The second-order valence-electron chi connectivity index (χ2n) is 7.40. The lowest BCUT2D eigenvalue weighted by atomic mass is 9.91. The second-order valence-corrected chi connectivity index (χ2v) is 7.40. The molecule has 0 unspecified atom stereocenters. The predicted octanol–water partition coefficient (Wildman–Crippen LogP) is 3.92. The van der Waals surface area contributed by atoms with Gasteiger partial charge in [-0.3, -0.25) is 14.8 Å². The fourth-order valence-corrected chi connectivity index (χ4v) is 3.95. The molecule has 0 aromatic carbocycles. The van der Waals surface area contributed by atoms with Crippen molar-refractivity contribution in [2.45, 2.75) is 31.7 Å². The number of hydrogen-bond acceptors (Lipinski definition) is 5. The lowest BCUT2D eigenvalue weighted by Gasteiger charge is -2.30. The van der Waals surface area contributed by atoms with Crippen LogP contribution in [-0.4, -0.2) is 48.8 Å². The average Bonchev–Trinajstić information content (AvgIpc) is 3.37. The molecule has 0 saturated carbocycles. The molecule has 1 aliphatic heterocycles. The number of rotatable bonds is 5. The Balaban J connectivity index is 1.66. The Morgan fingerprint density at radius 3 is 2.84 bits per heavy atom. The quantitative estimate of drug-likeness (QED) is 0.484. The summed E-state index contributed by atoms with van der Waals surface area (Å²) in [5, 5.41) is 12.1. The van der Waals surface area contributed by atoms with Crippen molar-refractivity contribution in [1.82, 2.24) is 29.9 Å². The lowest BCUT2D eigenvalue weighted by molar-refractivity contribution is -0.160. The van der Waals surface area contributed by atoms with E-state index in [-0.39, 0.29) is 19.4 Å². The Hall–Kier alpha value is -3.34. The molecule has 0 radical (unpaired) electrons. The van der Waals surface area contributed by atoms with Gasteiger partial charge in [-0.2, -0.15) is 19.0 Å². The Morgan fingerprint density at radius 1 is 1.19 bits per heavy atom. The number of nitrogens with one attached hydrogen (secondary N) is 1. The number of fused-ring (bicyclic) bond motifs is 2. The van der Waals surface area contributed by atoms with Crippen LogP contribution in [0.4, 0.5) is 17.6 Å². The van der Waals surface area contributed by atoms with Crippen LogP contribution in [0.15, 0.2) is 36.8 Å². The number of alkyl halides is 3. The number of hydrogen-bond donors (Lipinski definition) is 1. The van der Waals surface area contributed by atoms with Crippen molar-refractivity contribution >= 4 is 11.0 Å². The monoisotopic (exact) mass is 432 g/mol. The molecule has 7 nitrogen and oxygen atoms in total. The van der Waals surface area contributed by atoms with Crippen molar-refractivity contribution < 1.29 is 22.3 Å². The third-order valence-electron chi connectivity index (χ3n) is 5.36. The SMILES string of the molecule is Fc1ccc(-c2nn3c(c2-c2ccnc4[nH]ncc24)CC[C@@](F)(COC(F)F)C3)nc1. The van der Waals surface area contributed by atoms with Gasteiger partial charge in [0.05, 0.1) is 31.2 Å². The van der Waals surface area contributed by atoms with Gasteiger partial charge in [0.25, 0.3) is 0 Å². The van der Waals surface area contributed by atoms with Crippen LogP contribution in [0.25, 0.3) is 33.5 Å². The maximum Gasteiger partial charge on any atom is 0.345 e. The van der Waals surface area contributed by atoms with Gasteiger partial charge in [0.15, 0.2) is 11.3 Å². The van der Waals surface area contributed by atoms with Gasteiger partial charge in [-0.05, 0) is 36.6 Å². The zero-order valence-electron chi connectivity index (χ0n) is 16.0. The minimum atomic E-state index is -3.05. The van der Waals surface area contributed by atoms with Crippen molar-refractivity contribution in [3.63, 3.8) is 0 Å². The molecule has 31 heavy (non-hydrogen) atoms. The number of ether oxygens (including phenoxy) is 1. The summed E-state index contributed by atoms with van der Waals surface area (Å²) < 4.78 is 59.2. The van der Waals surface area contributed by atoms with Crippen molar-refractivity contribution in [3.8, 4) is 22.5 Å². The van der Waals surface area contributed by atoms with Crippen LogP contribution in [0, 0.1) is 5.82 Å². The molecule has 5 heterocycles. The Bertz CT molecular complexity index is 1240. The van der Waals surface area contributed by atoms with Crippen LogP contribution < -0.4 is 0 Å². The molecule has 4 aromatic heterocycles. The fraction of sp³-hybridized carbons (Fsp3) is 0.300. The Kier molecular flexibility index (Phi) is 4.69. The topological polar surface area (TPSA) is 81.5 Å². The van der Waals surface area contributed by atoms with Gasteiger partial charge in [-0.25, -0.2) is 13.8 Å². The van der Waals surface area contributed by atoms with Gasteiger partial charge in [-0.15, -0.1) is 0 Å².